The minimum absolute atomic E-state index is 0.130. The second-order valence-electron chi connectivity index (χ2n) is 5.29. The van der Waals surface area contributed by atoms with Crippen molar-refractivity contribution < 1.29 is 4.74 Å². The van der Waals surface area contributed by atoms with E-state index in [1.807, 2.05) is 0 Å². The number of para-hydroxylation sites is 1. The summed E-state index contributed by atoms with van der Waals surface area (Å²) in [6, 6.07) is 6.45. The Balaban J connectivity index is 2.06. The fourth-order valence-corrected chi connectivity index (χ4v) is 3.10. The summed E-state index contributed by atoms with van der Waals surface area (Å²) in [5.74, 6) is 1.08. The minimum Gasteiger partial charge on any atom is -0.490 e. The number of hydrogen-bond acceptors (Lipinski definition) is 2. The minimum atomic E-state index is -0.130. The number of hydrogen-bond donors (Lipinski definition) is 1. The summed E-state index contributed by atoms with van der Waals surface area (Å²) in [6.07, 6.45) is 6.02. The molecule has 3 rings (SSSR count). The molecule has 1 aromatic rings. The van der Waals surface area contributed by atoms with Crippen molar-refractivity contribution in [1.82, 2.24) is 0 Å². The Morgan fingerprint density at radius 3 is 2.81 bits per heavy atom. The van der Waals surface area contributed by atoms with E-state index in [0.717, 1.165) is 25.0 Å². The summed E-state index contributed by atoms with van der Waals surface area (Å²) >= 11 is 0. The zero-order chi connectivity index (χ0) is 11.2. The van der Waals surface area contributed by atoms with E-state index in [0.29, 0.717) is 6.10 Å². The average molecular weight is 217 g/mol. The van der Waals surface area contributed by atoms with Gasteiger partial charge < -0.3 is 10.5 Å². The van der Waals surface area contributed by atoms with Gasteiger partial charge in [-0.3, -0.25) is 0 Å². The molecule has 1 aromatic carbocycles. The van der Waals surface area contributed by atoms with Crippen LogP contribution in [0.2, 0.25) is 0 Å². The largest absolute Gasteiger partial charge is 0.490 e. The van der Waals surface area contributed by atoms with Gasteiger partial charge >= 0.3 is 0 Å². The summed E-state index contributed by atoms with van der Waals surface area (Å²) < 4.78 is 5.94. The predicted octanol–water partition coefficient (Wildman–Crippen LogP) is 2.74. The Labute approximate surface area is 96.8 Å². The van der Waals surface area contributed by atoms with Gasteiger partial charge in [-0.05, 0) is 25.3 Å². The van der Waals surface area contributed by atoms with Crippen molar-refractivity contribution in [3.05, 3.63) is 29.3 Å². The maximum Gasteiger partial charge on any atom is 0.128 e. The molecule has 1 aliphatic carbocycles. The van der Waals surface area contributed by atoms with Crippen molar-refractivity contribution in [3.8, 4) is 5.75 Å². The van der Waals surface area contributed by atoms with Crippen molar-refractivity contribution in [2.24, 2.45) is 5.73 Å². The third-order valence-corrected chi connectivity index (χ3v) is 3.96. The molecular weight excluding hydrogens is 198 g/mol. The fraction of sp³-hybridized carbons (Fsp3) is 0.571. The molecule has 1 heterocycles. The van der Waals surface area contributed by atoms with Gasteiger partial charge in [0, 0.05) is 17.5 Å². The van der Waals surface area contributed by atoms with Crippen LogP contribution in [0.25, 0.3) is 0 Å². The molecule has 2 heteroatoms. The molecule has 2 N–H and O–H groups in total. The molecule has 1 fully saturated rings. The third-order valence-electron chi connectivity index (χ3n) is 3.96. The lowest BCUT2D eigenvalue weighted by Crippen LogP contribution is -2.33. The zero-order valence-corrected chi connectivity index (χ0v) is 9.83. The molecule has 1 unspecified atom stereocenters. The van der Waals surface area contributed by atoms with E-state index in [-0.39, 0.29) is 5.54 Å². The molecule has 0 amide bonds. The van der Waals surface area contributed by atoms with E-state index in [2.05, 4.69) is 25.1 Å². The molecule has 1 aliphatic heterocycles. The van der Waals surface area contributed by atoms with Gasteiger partial charge in [0.05, 0.1) is 0 Å². The quantitative estimate of drug-likeness (QED) is 0.785. The highest BCUT2D eigenvalue weighted by Crippen LogP contribution is 2.44. The van der Waals surface area contributed by atoms with Crippen LogP contribution in [0.3, 0.4) is 0 Å². The van der Waals surface area contributed by atoms with Gasteiger partial charge in [-0.1, -0.05) is 31.0 Å². The lowest BCUT2D eigenvalue weighted by Gasteiger charge is -2.26. The Morgan fingerprint density at radius 2 is 2.06 bits per heavy atom. The summed E-state index contributed by atoms with van der Waals surface area (Å²) in [6.45, 7) is 2.13. The highest BCUT2D eigenvalue weighted by atomic mass is 16.5. The van der Waals surface area contributed by atoms with E-state index in [4.69, 9.17) is 10.5 Å². The van der Waals surface area contributed by atoms with Crippen molar-refractivity contribution in [3.63, 3.8) is 0 Å². The maximum atomic E-state index is 6.52. The van der Waals surface area contributed by atoms with Crippen LogP contribution in [0.5, 0.6) is 5.75 Å². The summed E-state index contributed by atoms with van der Waals surface area (Å²) in [5.41, 5.74) is 8.97. The summed E-state index contributed by atoms with van der Waals surface area (Å²) in [7, 11) is 0. The molecule has 1 atom stereocenters. The molecule has 2 nitrogen and oxygen atoms in total. The van der Waals surface area contributed by atoms with E-state index in [1.54, 1.807) is 0 Å². The van der Waals surface area contributed by atoms with Crippen LogP contribution in [0.15, 0.2) is 18.2 Å². The highest BCUT2D eigenvalue weighted by Gasteiger charge is 2.36. The summed E-state index contributed by atoms with van der Waals surface area (Å²) in [4.78, 5) is 0. The van der Waals surface area contributed by atoms with Crippen molar-refractivity contribution >= 4 is 0 Å². The molecular formula is C14H19NO. The van der Waals surface area contributed by atoms with Gasteiger partial charge in [0.15, 0.2) is 0 Å². The molecule has 0 bridgehead atoms. The first-order chi connectivity index (χ1) is 7.69. The van der Waals surface area contributed by atoms with Crippen LogP contribution >= 0.6 is 0 Å². The molecule has 2 aliphatic rings. The monoisotopic (exact) mass is 217 g/mol. The summed E-state index contributed by atoms with van der Waals surface area (Å²) in [5, 5.41) is 0. The van der Waals surface area contributed by atoms with Crippen LogP contribution in [0, 0.1) is 0 Å². The third kappa shape index (κ3) is 1.44. The van der Waals surface area contributed by atoms with Gasteiger partial charge in [-0.15, -0.1) is 0 Å². The van der Waals surface area contributed by atoms with E-state index < -0.39 is 0 Å². The van der Waals surface area contributed by atoms with Crippen LogP contribution in [-0.4, -0.2) is 6.10 Å². The molecule has 16 heavy (non-hydrogen) atoms. The highest BCUT2D eigenvalue weighted by molar-refractivity contribution is 5.48. The van der Waals surface area contributed by atoms with Crippen molar-refractivity contribution in [1.29, 1.82) is 0 Å². The zero-order valence-electron chi connectivity index (χ0n) is 9.83. The topological polar surface area (TPSA) is 35.2 Å². The molecule has 0 saturated heterocycles. The predicted molar refractivity (Wildman–Crippen MR) is 64.6 cm³/mol. The van der Waals surface area contributed by atoms with Crippen LogP contribution < -0.4 is 10.5 Å². The van der Waals surface area contributed by atoms with Crippen molar-refractivity contribution in [2.75, 3.05) is 0 Å². The average Bonchev–Trinajstić information content (AvgIpc) is 2.83. The second kappa shape index (κ2) is 3.49. The first kappa shape index (κ1) is 10.2. The Hall–Kier alpha value is -1.02. The van der Waals surface area contributed by atoms with Crippen LogP contribution in [-0.2, 0) is 12.0 Å². The number of fused-ring (bicyclic) bond motifs is 1. The normalized spacial score (nSPS) is 26.5. The number of ether oxygens (including phenoxy) is 1. The fourth-order valence-electron chi connectivity index (χ4n) is 3.10. The Kier molecular flexibility index (Phi) is 2.21. The van der Waals surface area contributed by atoms with Crippen molar-refractivity contribution in [2.45, 2.75) is 50.7 Å². The number of rotatable bonds is 1. The second-order valence-corrected chi connectivity index (χ2v) is 5.29. The standard InChI is InChI=1S/C14H19NO/c1-10-9-11-5-4-6-12(13(11)16-10)14(15)7-2-3-8-14/h4-6,10H,2-3,7-9,15H2,1H3. The smallest absolute Gasteiger partial charge is 0.128 e. The molecule has 0 aromatic heterocycles. The van der Waals surface area contributed by atoms with E-state index in [1.165, 1.54) is 24.0 Å². The van der Waals surface area contributed by atoms with E-state index in [9.17, 15) is 0 Å². The van der Waals surface area contributed by atoms with Crippen LogP contribution in [0.4, 0.5) is 0 Å². The first-order valence-electron chi connectivity index (χ1n) is 6.27. The van der Waals surface area contributed by atoms with Gasteiger partial charge in [0.25, 0.3) is 0 Å². The molecule has 0 spiro atoms. The Bertz CT molecular complexity index is 407. The lowest BCUT2D eigenvalue weighted by molar-refractivity contribution is 0.247. The Morgan fingerprint density at radius 1 is 1.31 bits per heavy atom. The molecule has 0 radical (unpaired) electrons. The number of nitrogens with two attached hydrogens (primary N) is 1. The number of benzene rings is 1. The SMILES string of the molecule is CC1Cc2cccc(C3(N)CCCC3)c2O1. The van der Waals surface area contributed by atoms with Gasteiger partial charge in [-0.2, -0.15) is 0 Å². The molecule has 86 valence electrons. The maximum absolute atomic E-state index is 6.52. The van der Waals surface area contributed by atoms with Gasteiger partial charge in [-0.25, -0.2) is 0 Å². The van der Waals surface area contributed by atoms with Crippen LogP contribution in [0.1, 0.15) is 43.7 Å². The van der Waals surface area contributed by atoms with Gasteiger partial charge in [0.1, 0.15) is 11.9 Å². The first-order valence-corrected chi connectivity index (χ1v) is 6.27. The molecule has 1 saturated carbocycles. The lowest BCUT2D eigenvalue weighted by atomic mass is 9.87. The van der Waals surface area contributed by atoms with Gasteiger partial charge in [0.2, 0.25) is 0 Å². The van der Waals surface area contributed by atoms with E-state index >= 15 is 0 Å².